The maximum absolute atomic E-state index is 12.3. The van der Waals surface area contributed by atoms with Crippen LogP contribution in [0.2, 0.25) is 0 Å². The number of urea groups is 1. The van der Waals surface area contributed by atoms with Gasteiger partial charge in [0.05, 0.1) is 11.8 Å². The molecule has 1 unspecified atom stereocenters. The fourth-order valence-corrected chi connectivity index (χ4v) is 2.83. The van der Waals surface area contributed by atoms with E-state index in [0.29, 0.717) is 24.3 Å². The molecule has 1 aromatic rings. The van der Waals surface area contributed by atoms with Gasteiger partial charge in [0, 0.05) is 12.2 Å². The molecule has 2 aliphatic heterocycles. The molecule has 2 aliphatic rings. The largest absolute Gasteiger partial charge is 0.332 e. The van der Waals surface area contributed by atoms with Gasteiger partial charge in [0.2, 0.25) is 5.91 Å². The number of imide groups is 1. The normalized spacial score (nSPS) is 20.0. The molecule has 0 spiro atoms. The van der Waals surface area contributed by atoms with Crippen LogP contribution in [-0.4, -0.2) is 35.3 Å². The van der Waals surface area contributed by atoms with E-state index in [4.69, 9.17) is 5.26 Å². The number of hydrogen-bond donors (Lipinski definition) is 1. The molecular weight excluding hydrogens is 284 g/mol. The second kappa shape index (κ2) is 5.48. The smallest absolute Gasteiger partial charge is 0.325 e. The summed E-state index contributed by atoms with van der Waals surface area (Å²) in [6, 6.07) is 7.58. The number of rotatable bonds is 3. The van der Waals surface area contributed by atoms with Crippen LogP contribution in [0.25, 0.3) is 0 Å². The van der Waals surface area contributed by atoms with Crippen LogP contribution in [0.4, 0.5) is 16.2 Å². The van der Waals surface area contributed by atoms with Gasteiger partial charge >= 0.3 is 6.03 Å². The van der Waals surface area contributed by atoms with E-state index >= 15 is 0 Å². The predicted octanol–water partition coefficient (Wildman–Crippen LogP) is 1.47. The number of hydrogen-bond acceptors (Lipinski definition) is 4. The van der Waals surface area contributed by atoms with E-state index in [1.165, 1.54) is 4.90 Å². The van der Waals surface area contributed by atoms with Crippen LogP contribution in [0.15, 0.2) is 24.3 Å². The highest BCUT2D eigenvalue weighted by Gasteiger charge is 2.47. The van der Waals surface area contributed by atoms with Crippen LogP contribution in [0.5, 0.6) is 0 Å². The number of nitrogens with zero attached hydrogens (tertiary/aromatic N) is 3. The second-order valence-electron chi connectivity index (χ2n) is 5.24. The van der Waals surface area contributed by atoms with Crippen molar-refractivity contribution in [3.8, 4) is 6.07 Å². The van der Waals surface area contributed by atoms with E-state index < -0.39 is 5.91 Å². The van der Waals surface area contributed by atoms with E-state index in [2.05, 4.69) is 5.32 Å². The number of benzene rings is 1. The molecule has 2 fully saturated rings. The van der Waals surface area contributed by atoms with Crippen LogP contribution in [0.3, 0.4) is 0 Å². The van der Waals surface area contributed by atoms with Crippen molar-refractivity contribution in [2.75, 3.05) is 16.8 Å². The Balaban J connectivity index is 1.76. The summed E-state index contributed by atoms with van der Waals surface area (Å²) in [5.74, 6) is -0.590. The Kier molecular flexibility index (Phi) is 3.51. The van der Waals surface area contributed by atoms with Gasteiger partial charge in [0.25, 0.3) is 5.91 Å². The molecule has 0 saturated carbocycles. The zero-order valence-corrected chi connectivity index (χ0v) is 11.8. The third-order valence-corrected chi connectivity index (χ3v) is 3.84. The number of nitriles is 1. The zero-order valence-electron chi connectivity index (χ0n) is 11.8. The summed E-state index contributed by atoms with van der Waals surface area (Å²) in [5.41, 5.74) is 1.01. The molecule has 2 saturated heterocycles. The molecule has 2 heterocycles. The standard InChI is InChI=1S/C15H14N4O3/c16-8-7-13(20)17-10-3-5-11(6-4-10)19-14(21)12-2-1-9-18(12)15(19)22/h3-6,12H,1-2,7,9H2,(H,17,20). The van der Waals surface area contributed by atoms with Gasteiger partial charge in [0.15, 0.2) is 0 Å². The van der Waals surface area contributed by atoms with Crippen molar-refractivity contribution < 1.29 is 14.4 Å². The van der Waals surface area contributed by atoms with Gasteiger partial charge in [-0.25, -0.2) is 9.69 Å². The lowest BCUT2D eigenvalue weighted by molar-refractivity contribution is -0.119. The maximum Gasteiger partial charge on any atom is 0.332 e. The Hall–Kier alpha value is -2.88. The topological polar surface area (TPSA) is 93.5 Å². The van der Waals surface area contributed by atoms with Gasteiger partial charge in [-0.05, 0) is 37.1 Å². The molecule has 4 amide bonds. The summed E-state index contributed by atoms with van der Waals surface area (Å²) >= 11 is 0. The number of fused-ring (bicyclic) bond motifs is 1. The first-order chi connectivity index (χ1) is 10.6. The summed E-state index contributed by atoms with van der Waals surface area (Å²) in [4.78, 5) is 38.7. The fraction of sp³-hybridized carbons (Fsp3) is 0.333. The molecule has 0 aromatic heterocycles. The Morgan fingerprint density at radius 2 is 2.05 bits per heavy atom. The molecule has 1 N–H and O–H groups in total. The number of carbonyl (C=O) groups is 3. The van der Waals surface area contributed by atoms with Crippen molar-refractivity contribution in [2.45, 2.75) is 25.3 Å². The van der Waals surface area contributed by atoms with Crippen LogP contribution in [0.1, 0.15) is 19.3 Å². The molecule has 1 atom stereocenters. The third kappa shape index (κ3) is 2.29. The molecule has 22 heavy (non-hydrogen) atoms. The fourth-order valence-electron chi connectivity index (χ4n) is 2.83. The lowest BCUT2D eigenvalue weighted by Gasteiger charge is -2.16. The van der Waals surface area contributed by atoms with Gasteiger partial charge in [-0.2, -0.15) is 5.26 Å². The molecule has 0 aliphatic carbocycles. The number of carbonyl (C=O) groups excluding carboxylic acids is 3. The molecule has 7 nitrogen and oxygen atoms in total. The average Bonchev–Trinajstić information content (AvgIpc) is 3.06. The first-order valence-electron chi connectivity index (χ1n) is 7.03. The summed E-state index contributed by atoms with van der Waals surface area (Å²) in [6.07, 6.45) is 1.35. The average molecular weight is 298 g/mol. The Morgan fingerprint density at radius 1 is 1.32 bits per heavy atom. The lowest BCUT2D eigenvalue weighted by atomic mass is 10.2. The SMILES string of the molecule is N#CCC(=O)Nc1ccc(N2C(=O)C3CCCN3C2=O)cc1. The molecular formula is C15H14N4O3. The van der Waals surface area contributed by atoms with Crippen LogP contribution in [0, 0.1) is 11.3 Å². The van der Waals surface area contributed by atoms with E-state index in [1.807, 2.05) is 0 Å². The molecule has 0 radical (unpaired) electrons. The molecule has 7 heteroatoms. The van der Waals surface area contributed by atoms with Crippen LogP contribution in [-0.2, 0) is 9.59 Å². The van der Waals surface area contributed by atoms with Crippen molar-refractivity contribution in [1.29, 1.82) is 5.26 Å². The van der Waals surface area contributed by atoms with Crippen LogP contribution >= 0.6 is 0 Å². The van der Waals surface area contributed by atoms with Crippen molar-refractivity contribution in [2.24, 2.45) is 0 Å². The summed E-state index contributed by atoms with van der Waals surface area (Å²) in [6.45, 7) is 0.619. The predicted molar refractivity (Wildman–Crippen MR) is 77.9 cm³/mol. The van der Waals surface area contributed by atoms with Crippen molar-refractivity contribution in [3.63, 3.8) is 0 Å². The number of nitrogens with one attached hydrogen (secondary N) is 1. The zero-order chi connectivity index (χ0) is 15.7. The van der Waals surface area contributed by atoms with E-state index in [-0.39, 0.29) is 24.4 Å². The van der Waals surface area contributed by atoms with Gasteiger partial charge in [0.1, 0.15) is 12.5 Å². The van der Waals surface area contributed by atoms with Crippen molar-refractivity contribution >= 4 is 29.2 Å². The Labute approximate surface area is 127 Å². The Bertz CT molecular complexity index is 655. The minimum atomic E-state index is -0.399. The minimum Gasteiger partial charge on any atom is -0.325 e. The van der Waals surface area contributed by atoms with E-state index in [9.17, 15) is 14.4 Å². The van der Waals surface area contributed by atoms with Gasteiger partial charge in [-0.15, -0.1) is 0 Å². The maximum atomic E-state index is 12.3. The highest BCUT2D eigenvalue weighted by Crippen LogP contribution is 2.31. The number of amides is 4. The third-order valence-electron chi connectivity index (χ3n) is 3.84. The molecule has 1 aromatic carbocycles. The van der Waals surface area contributed by atoms with Crippen molar-refractivity contribution in [1.82, 2.24) is 4.90 Å². The molecule has 112 valence electrons. The summed E-state index contributed by atoms with van der Waals surface area (Å²) in [5, 5.41) is 11.0. The highest BCUT2D eigenvalue weighted by molar-refractivity contribution is 6.21. The van der Waals surface area contributed by atoms with E-state index in [1.54, 1.807) is 35.2 Å². The highest BCUT2D eigenvalue weighted by atomic mass is 16.2. The second-order valence-corrected chi connectivity index (χ2v) is 5.24. The quantitative estimate of drug-likeness (QED) is 0.855. The molecule has 0 bridgehead atoms. The summed E-state index contributed by atoms with van der Waals surface area (Å²) in [7, 11) is 0. The summed E-state index contributed by atoms with van der Waals surface area (Å²) < 4.78 is 0. The Morgan fingerprint density at radius 3 is 2.68 bits per heavy atom. The van der Waals surface area contributed by atoms with Gasteiger partial charge in [-0.3, -0.25) is 9.59 Å². The van der Waals surface area contributed by atoms with Gasteiger partial charge < -0.3 is 10.2 Å². The lowest BCUT2D eigenvalue weighted by Crippen LogP contribution is -2.33. The molecule has 3 rings (SSSR count). The van der Waals surface area contributed by atoms with Gasteiger partial charge in [-0.1, -0.05) is 0 Å². The van der Waals surface area contributed by atoms with Crippen LogP contribution < -0.4 is 10.2 Å². The first kappa shape index (κ1) is 14.1. The van der Waals surface area contributed by atoms with E-state index in [0.717, 1.165) is 6.42 Å². The monoisotopic (exact) mass is 298 g/mol. The first-order valence-corrected chi connectivity index (χ1v) is 7.03. The van der Waals surface area contributed by atoms with Crippen molar-refractivity contribution in [3.05, 3.63) is 24.3 Å². The number of anilines is 2. The minimum absolute atomic E-state index is 0.191.